The summed E-state index contributed by atoms with van der Waals surface area (Å²) < 4.78 is 0. The van der Waals surface area contributed by atoms with Crippen LogP contribution in [0.25, 0.3) is 16.8 Å². The standard InChI is InChI=1S/C25H24ClN7O/c1-18-3-8-23(33-29-9-10-30-33)22(15-18)24(34)31-11-2-12-32(14-13-31)25-27-16-20(17-28-25)19-4-6-21(26)7-5-19/h3-10,15-17H,2,11-14H2,1H3. The van der Waals surface area contributed by atoms with Crippen molar-refractivity contribution in [3.63, 3.8) is 0 Å². The minimum atomic E-state index is -0.0168. The van der Waals surface area contributed by atoms with Crippen molar-refractivity contribution in [2.75, 3.05) is 31.1 Å². The maximum atomic E-state index is 13.5. The molecule has 1 aliphatic rings. The predicted octanol–water partition coefficient (Wildman–Crippen LogP) is 4.04. The number of aromatic nitrogens is 5. The molecular formula is C25H24ClN7O. The van der Waals surface area contributed by atoms with E-state index in [9.17, 15) is 4.79 Å². The van der Waals surface area contributed by atoms with Crippen LogP contribution in [-0.4, -0.2) is 61.9 Å². The lowest BCUT2D eigenvalue weighted by Crippen LogP contribution is -2.36. The zero-order valence-corrected chi connectivity index (χ0v) is 19.6. The first-order valence-corrected chi connectivity index (χ1v) is 11.6. The molecule has 0 unspecified atom stereocenters. The number of anilines is 1. The van der Waals surface area contributed by atoms with Crippen molar-refractivity contribution in [1.82, 2.24) is 29.9 Å². The number of benzene rings is 2. The van der Waals surface area contributed by atoms with Crippen LogP contribution in [0.2, 0.25) is 5.02 Å². The molecule has 5 rings (SSSR count). The first-order chi connectivity index (χ1) is 16.6. The van der Waals surface area contributed by atoms with Gasteiger partial charge >= 0.3 is 0 Å². The van der Waals surface area contributed by atoms with E-state index in [0.717, 1.165) is 29.7 Å². The lowest BCUT2D eigenvalue weighted by atomic mass is 10.1. The number of halogens is 1. The van der Waals surface area contributed by atoms with Gasteiger partial charge in [0, 0.05) is 49.2 Å². The Morgan fingerprint density at radius 3 is 2.35 bits per heavy atom. The monoisotopic (exact) mass is 473 g/mol. The molecule has 2 aromatic carbocycles. The number of rotatable bonds is 4. The summed E-state index contributed by atoms with van der Waals surface area (Å²) in [5.41, 5.74) is 4.26. The molecule has 2 aromatic heterocycles. The van der Waals surface area contributed by atoms with Crippen LogP contribution in [0, 0.1) is 6.92 Å². The zero-order chi connectivity index (χ0) is 23.5. The molecule has 9 heteroatoms. The Labute approximate surface area is 202 Å². The van der Waals surface area contributed by atoms with Gasteiger partial charge in [-0.15, -0.1) is 0 Å². The number of nitrogens with zero attached hydrogens (tertiary/aromatic N) is 7. The topological polar surface area (TPSA) is 80.0 Å². The Hall–Kier alpha value is -3.78. The van der Waals surface area contributed by atoms with Crippen LogP contribution in [0.1, 0.15) is 22.3 Å². The minimum Gasteiger partial charge on any atom is -0.339 e. The molecule has 0 aliphatic carbocycles. The first-order valence-electron chi connectivity index (χ1n) is 11.2. The molecule has 0 spiro atoms. The fraction of sp³-hybridized carbons (Fsp3) is 0.240. The maximum absolute atomic E-state index is 13.5. The predicted molar refractivity (Wildman–Crippen MR) is 131 cm³/mol. The highest BCUT2D eigenvalue weighted by molar-refractivity contribution is 6.30. The summed E-state index contributed by atoms with van der Waals surface area (Å²) >= 11 is 5.98. The second kappa shape index (κ2) is 9.61. The third-order valence-electron chi connectivity index (χ3n) is 5.90. The number of hydrogen-bond acceptors (Lipinski definition) is 6. The van der Waals surface area contributed by atoms with Gasteiger partial charge in [0.1, 0.15) is 0 Å². The molecule has 0 saturated carbocycles. The fourth-order valence-corrected chi connectivity index (χ4v) is 4.23. The lowest BCUT2D eigenvalue weighted by Gasteiger charge is -2.23. The Balaban J connectivity index is 1.30. The summed E-state index contributed by atoms with van der Waals surface area (Å²) in [6.07, 6.45) is 7.70. The Morgan fingerprint density at radius 1 is 0.882 bits per heavy atom. The van der Waals surface area contributed by atoms with Gasteiger partial charge in [0.2, 0.25) is 5.95 Å². The molecule has 0 atom stereocenters. The molecule has 172 valence electrons. The van der Waals surface area contributed by atoms with E-state index in [0.29, 0.717) is 41.9 Å². The highest BCUT2D eigenvalue weighted by atomic mass is 35.5. The van der Waals surface area contributed by atoms with E-state index < -0.39 is 0 Å². The van der Waals surface area contributed by atoms with E-state index in [-0.39, 0.29) is 5.91 Å². The Kier molecular flexibility index (Phi) is 6.22. The van der Waals surface area contributed by atoms with Crippen LogP contribution in [0.3, 0.4) is 0 Å². The van der Waals surface area contributed by atoms with E-state index in [4.69, 9.17) is 11.6 Å². The molecule has 1 amide bonds. The molecule has 0 N–H and O–H groups in total. The summed E-state index contributed by atoms with van der Waals surface area (Å²) in [6.45, 7) is 4.67. The number of carbonyl (C=O) groups excluding carboxylic acids is 1. The largest absolute Gasteiger partial charge is 0.339 e. The average Bonchev–Trinajstić information content (AvgIpc) is 3.28. The van der Waals surface area contributed by atoms with Crippen molar-refractivity contribution < 1.29 is 4.79 Å². The first kappa shape index (κ1) is 22.0. The Morgan fingerprint density at radius 2 is 1.62 bits per heavy atom. The molecule has 4 aromatic rings. The van der Waals surface area contributed by atoms with Gasteiger partial charge in [0.05, 0.1) is 23.6 Å². The third kappa shape index (κ3) is 4.63. The van der Waals surface area contributed by atoms with Crippen LogP contribution < -0.4 is 4.90 Å². The van der Waals surface area contributed by atoms with Crippen LogP contribution in [-0.2, 0) is 0 Å². The number of amides is 1. The van der Waals surface area contributed by atoms with E-state index >= 15 is 0 Å². The van der Waals surface area contributed by atoms with Gasteiger partial charge in [0.15, 0.2) is 0 Å². The highest BCUT2D eigenvalue weighted by Crippen LogP contribution is 2.22. The van der Waals surface area contributed by atoms with Crippen LogP contribution in [0.15, 0.2) is 67.3 Å². The van der Waals surface area contributed by atoms with Gasteiger partial charge in [-0.1, -0.05) is 35.4 Å². The van der Waals surface area contributed by atoms with E-state index in [1.54, 1.807) is 12.4 Å². The van der Waals surface area contributed by atoms with Crippen molar-refractivity contribution in [2.24, 2.45) is 0 Å². The molecule has 1 aliphatic heterocycles. The summed E-state index contributed by atoms with van der Waals surface area (Å²) in [5.74, 6) is 0.654. The van der Waals surface area contributed by atoms with Crippen molar-refractivity contribution in [3.05, 3.63) is 83.4 Å². The van der Waals surface area contributed by atoms with Gasteiger partial charge in [-0.25, -0.2) is 9.97 Å². The summed E-state index contributed by atoms with van der Waals surface area (Å²) in [5, 5.41) is 9.12. The van der Waals surface area contributed by atoms with Gasteiger partial charge in [0.25, 0.3) is 5.91 Å². The van der Waals surface area contributed by atoms with E-state index in [1.807, 2.05) is 66.7 Å². The minimum absolute atomic E-state index is 0.0168. The smallest absolute Gasteiger partial charge is 0.256 e. The summed E-state index contributed by atoms with van der Waals surface area (Å²) in [7, 11) is 0. The van der Waals surface area contributed by atoms with Crippen LogP contribution in [0.4, 0.5) is 5.95 Å². The van der Waals surface area contributed by atoms with Gasteiger partial charge in [-0.3, -0.25) is 4.79 Å². The molecule has 1 fully saturated rings. The van der Waals surface area contributed by atoms with E-state index in [2.05, 4.69) is 25.1 Å². The number of aryl methyl sites for hydroxylation is 1. The third-order valence-corrected chi connectivity index (χ3v) is 6.15. The van der Waals surface area contributed by atoms with Gasteiger partial charge in [-0.2, -0.15) is 15.0 Å². The zero-order valence-electron chi connectivity index (χ0n) is 18.8. The molecule has 34 heavy (non-hydrogen) atoms. The molecule has 0 radical (unpaired) electrons. The second-order valence-electron chi connectivity index (χ2n) is 8.25. The second-order valence-corrected chi connectivity index (χ2v) is 8.69. The van der Waals surface area contributed by atoms with Gasteiger partial charge < -0.3 is 9.80 Å². The normalized spacial score (nSPS) is 14.2. The van der Waals surface area contributed by atoms with Gasteiger partial charge in [-0.05, 0) is 43.2 Å². The van der Waals surface area contributed by atoms with Crippen LogP contribution in [0.5, 0.6) is 0 Å². The molecule has 8 nitrogen and oxygen atoms in total. The number of hydrogen-bond donors (Lipinski definition) is 0. The SMILES string of the molecule is Cc1ccc(-n2nccn2)c(C(=O)N2CCCN(c3ncc(-c4ccc(Cl)cc4)cn3)CC2)c1. The van der Waals surface area contributed by atoms with E-state index in [1.165, 1.54) is 4.80 Å². The number of carbonyl (C=O) groups is 1. The van der Waals surface area contributed by atoms with Crippen molar-refractivity contribution in [3.8, 4) is 16.8 Å². The summed E-state index contributed by atoms with van der Waals surface area (Å²) in [4.78, 5) is 28.2. The Bertz CT molecular complexity index is 1270. The molecular weight excluding hydrogens is 450 g/mol. The van der Waals surface area contributed by atoms with Crippen molar-refractivity contribution >= 4 is 23.5 Å². The highest BCUT2D eigenvalue weighted by Gasteiger charge is 2.24. The van der Waals surface area contributed by atoms with Crippen molar-refractivity contribution in [1.29, 1.82) is 0 Å². The van der Waals surface area contributed by atoms with Crippen molar-refractivity contribution in [2.45, 2.75) is 13.3 Å². The fourth-order valence-electron chi connectivity index (χ4n) is 4.10. The average molecular weight is 474 g/mol. The lowest BCUT2D eigenvalue weighted by molar-refractivity contribution is 0.0766. The maximum Gasteiger partial charge on any atom is 0.256 e. The summed E-state index contributed by atoms with van der Waals surface area (Å²) in [6, 6.07) is 13.4. The molecule has 1 saturated heterocycles. The quantitative estimate of drug-likeness (QED) is 0.445. The molecule has 3 heterocycles. The molecule has 0 bridgehead atoms. The van der Waals surface area contributed by atoms with Crippen LogP contribution >= 0.6 is 11.6 Å².